The molecule has 0 amide bonds. The van der Waals surface area contributed by atoms with Crippen LogP contribution in [0.15, 0.2) is 6.07 Å². The van der Waals surface area contributed by atoms with Gasteiger partial charge < -0.3 is 14.8 Å². The number of likely N-dealkylation sites (N-methyl/N-ethyl adjacent to an activating group) is 1. The third kappa shape index (κ3) is 1.95. The van der Waals surface area contributed by atoms with E-state index in [-0.39, 0.29) is 0 Å². The van der Waals surface area contributed by atoms with Gasteiger partial charge in [0, 0.05) is 31.9 Å². The topological polar surface area (TPSA) is 48.1 Å². The highest BCUT2D eigenvalue weighted by molar-refractivity contribution is 5.88. The van der Waals surface area contributed by atoms with Crippen LogP contribution in [0.1, 0.15) is 11.5 Å². The maximum absolute atomic E-state index is 4.64. The van der Waals surface area contributed by atoms with Gasteiger partial charge in [-0.2, -0.15) is 0 Å². The first kappa shape index (κ1) is 11.5. The number of piperazine rings is 1. The van der Waals surface area contributed by atoms with Crippen molar-refractivity contribution in [3.8, 4) is 0 Å². The zero-order valence-corrected chi connectivity index (χ0v) is 11.2. The number of aromatic nitrogens is 3. The lowest BCUT2D eigenvalue weighted by molar-refractivity contribution is 0.312. The van der Waals surface area contributed by atoms with Gasteiger partial charge in [-0.15, -0.1) is 0 Å². The zero-order valence-electron chi connectivity index (χ0n) is 11.2. The SMILES string of the molecule is Cc1nc(N2CCN(C)CC2)c2cc(C)[nH]c2n1. The summed E-state index contributed by atoms with van der Waals surface area (Å²) in [5.74, 6) is 1.91. The molecule has 96 valence electrons. The van der Waals surface area contributed by atoms with Crippen molar-refractivity contribution in [3.63, 3.8) is 0 Å². The second-order valence-electron chi connectivity index (χ2n) is 5.10. The van der Waals surface area contributed by atoms with Gasteiger partial charge in [0.2, 0.25) is 0 Å². The van der Waals surface area contributed by atoms with E-state index in [4.69, 9.17) is 0 Å². The normalized spacial score (nSPS) is 17.6. The summed E-state index contributed by atoms with van der Waals surface area (Å²) in [6.07, 6.45) is 0. The molecule has 0 atom stereocenters. The Balaban J connectivity index is 2.04. The number of hydrogen-bond donors (Lipinski definition) is 1. The molecule has 3 rings (SSSR count). The number of H-pyrrole nitrogens is 1. The predicted molar refractivity (Wildman–Crippen MR) is 73.1 cm³/mol. The maximum Gasteiger partial charge on any atom is 0.143 e. The monoisotopic (exact) mass is 245 g/mol. The van der Waals surface area contributed by atoms with Gasteiger partial charge in [0.25, 0.3) is 0 Å². The van der Waals surface area contributed by atoms with E-state index in [1.165, 1.54) is 0 Å². The lowest BCUT2D eigenvalue weighted by atomic mass is 10.2. The van der Waals surface area contributed by atoms with Crippen LogP contribution in [0.3, 0.4) is 0 Å². The van der Waals surface area contributed by atoms with Crippen molar-refractivity contribution in [1.29, 1.82) is 0 Å². The smallest absolute Gasteiger partial charge is 0.143 e. The third-order valence-electron chi connectivity index (χ3n) is 3.52. The molecule has 0 aromatic carbocycles. The van der Waals surface area contributed by atoms with E-state index >= 15 is 0 Å². The fourth-order valence-electron chi connectivity index (χ4n) is 2.49. The Kier molecular flexibility index (Phi) is 2.70. The molecule has 5 heteroatoms. The van der Waals surface area contributed by atoms with Crippen molar-refractivity contribution in [2.45, 2.75) is 13.8 Å². The van der Waals surface area contributed by atoms with Crippen LogP contribution in [-0.2, 0) is 0 Å². The van der Waals surface area contributed by atoms with E-state index in [0.29, 0.717) is 0 Å². The minimum atomic E-state index is 0.832. The zero-order chi connectivity index (χ0) is 12.7. The molecule has 0 saturated carbocycles. The number of fused-ring (bicyclic) bond motifs is 1. The molecule has 0 radical (unpaired) electrons. The lowest BCUT2D eigenvalue weighted by Gasteiger charge is -2.33. The minimum absolute atomic E-state index is 0.832. The van der Waals surface area contributed by atoms with Crippen LogP contribution < -0.4 is 4.90 Å². The molecule has 0 spiro atoms. The molecule has 1 fully saturated rings. The predicted octanol–water partition coefficient (Wildman–Crippen LogP) is 1.33. The quantitative estimate of drug-likeness (QED) is 0.823. The molecule has 2 aromatic heterocycles. The van der Waals surface area contributed by atoms with Gasteiger partial charge in [-0.1, -0.05) is 0 Å². The average molecular weight is 245 g/mol. The van der Waals surface area contributed by atoms with Crippen molar-refractivity contribution in [1.82, 2.24) is 19.9 Å². The summed E-state index contributed by atoms with van der Waals surface area (Å²) in [6.45, 7) is 8.26. The second-order valence-corrected chi connectivity index (χ2v) is 5.10. The summed E-state index contributed by atoms with van der Waals surface area (Å²) in [4.78, 5) is 17.1. The molecule has 0 bridgehead atoms. The van der Waals surface area contributed by atoms with Crippen molar-refractivity contribution in [3.05, 3.63) is 17.6 Å². The first-order valence-electron chi connectivity index (χ1n) is 6.41. The van der Waals surface area contributed by atoms with E-state index < -0.39 is 0 Å². The standard InChI is InChI=1S/C13H19N5/c1-9-8-11-12(14-9)15-10(2)16-13(11)18-6-4-17(3)5-7-18/h8H,4-7H2,1-3H3,(H,14,15,16). The van der Waals surface area contributed by atoms with Crippen molar-refractivity contribution >= 4 is 16.9 Å². The minimum Gasteiger partial charge on any atom is -0.353 e. The maximum atomic E-state index is 4.64. The van der Waals surface area contributed by atoms with Gasteiger partial charge in [-0.05, 0) is 27.0 Å². The molecular weight excluding hydrogens is 226 g/mol. The summed E-state index contributed by atoms with van der Waals surface area (Å²) in [5.41, 5.74) is 2.09. The Morgan fingerprint density at radius 3 is 2.56 bits per heavy atom. The molecule has 1 aliphatic rings. The summed E-state index contributed by atoms with van der Waals surface area (Å²) in [6, 6.07) is 2.14. The number of nitrogens with zero attached hydrogens (tertiary/aromatic N) is 4. The van der Waals surface area contributed by atoms with Crippen LogP contribution in [-0.4, -0.2) is 53.1 Å². The van der Waals surface area contributed by atoms with Gasteiger partial charge >= 0.3 is 0 Å². The van der Waals surface area contributed by atoms with Gasteiger partial charge in [-0.3, -0.25) is 0 Å². The molecule has 5 nitrogen and oxygen atoms in total. The van der Waals surface area contributed by atoms with E-state index in [1.807, 2.05) is 6.92 Å². The molecule has 3 heterocycles. The Hall–Kier alpha value is -1.62. The highest BCUT2D eigenvalue weighted by Gasteiger charge is 2.19. The summed E-state index contributed by atoms with van der Waals surface area (Å²) in [5, 5.41) is 1.14. The number of anilines is 1. The van der Waals surface area contributed by atoms with E-state index in [0.717, 1.165) is 54.5 Å². The summed E-state index contributed by atoms with van der Waals surface area (Å²) >= 11 is 0. The highest BCUT2D eigenvalue weighted by Crippen LogP contribution is 2.25. The third-order valence-corrected chi connectivity index (χ3v) is 3.52. The van der Waals surface area contributed by atoms with Crippen molar-refractivity contribution in [2.24, 2.45) is 0 Å². The molecule has 18 heavy (non-hydrogen) atoms. The number of aryl methyl sites for hydroxylation is 2. The fourth-order valence-corrected chi connectivity index (χ4v) is 2.49. The lowest BCUT2D eigenvalue weighted by Crippen LogP contribution is -2.45. The molecule has 2 aromatic rings. The van der Waals surface area contributed by atoms with Gasteiger partial charge in [0.15, 0.2) is 0 Å². The van der Waals surface area contributed by atoms with E-state index in [2.05, 4.69) is 44.8 Å². The van der Waals surface area contributed by atoms with Crippen molar-refractivity contribution in [2.75, 3.05) is 38.1 Å². The molecule has 1 N–H and O–H groups in total. The number of rotatable bonds is 1. The molecular formula is C13H19N5. The largest absolute Gasteiger partial charge is 0.353 e. The van der Waals surface area contributed by atoms with Gasteiger partial charge in [-0.25, -0.2) is 9.97 Å². The Morgan fingerprint density at radius 2 is 1.83 bits per heavy atom. The number of hydrogen-bond acceptors (Lipinski definition) is 4. The Labute approximate surface area is 107 Å². The first-order chi connectivity index (χ1) is 8.63. The molecule has 1 aliphatic heterocycles. The summed E-state index contributed by atoms with van der Waals surface area (Å²) < 4.78 is 0. The van der Waals surface area contributed by atoms with Crippen LogP contribution in [0.25, 0.3) is 11.0 Å². The molecule has 0 unspecified atom stereocenters. The van der Waals surface area contributed by atoms with Crippen LogP contribution in [0.5, 0.6) is 0 Å². The van der Waals surface area contributed by atoms with Gasteiger partial charge in [0.1, 0.15) is 17.3 Å². The number of aromatic amines is 1. The van der Waals surface area contributed by atoms with Crippen LogP contribution >= 0.6 is 0 Å². The average Bonchev–Trinajstić information content (AvgIpc) is 2.69. The Morgan fingerprint density at radius 1 is 1.11 bits per heavy atom. The molecule has 1 saturated heterocycles. The van der Waals surface area contributed by atoms with Crippen molar-refractivity contribution < 1.29 is 0 Å². The van der Waals surface area contributed by atoms with Gasteiger partial charge in [0.05, 0.1) is 5.39 Å². The van der Waals surface area contributed by atoms with Crippen LogP contribution in [0, 0.1) is 13.8 Å². The van der Waals surface area contributed by atoms with E-state index in [1.54, 1.807) is 0 Å². The summed E-state index contributed by atoms with van der Waals surface area (Å²) in [7, 11) is 2.17. The number of nitrogens with one attached hydrogen (secondary N) is 1. The van der Waals surface area contributed by atoms with Crippen LogP contribution in [0.2, 0.25) is 0 Å². The fraction of sp³-hybridized carbons (Fsp3) is 0.538. The molecule has 0 aliphatic carbocycles. The Bertz CT molecular complexity index is 566. The van der Waals surface area contributed by atoms with E-state index in [9.17, 15) is 0 Å². The highest BCUT2D eigenvalue weighted by atomic mass is 15.3. The second kappa shape index (κ2) is 4.24. The first-order valence-corrected chi connectivity index (χ1v) is 6.41. The van der Waals surface area contributed by atoms with Crippen LogP contribution in [0.4, 0.5) is 5.82 Å².